The van der Waals surface area contributed by atoms with Crippen molar-refractivity contribution in [3.05, 3.63) is 11.9 Å². The van der Waals surface area contributed by atoms with Gasteiger partial charge in [0, 0.05) is 12.5 Å². The molecular weight excluding hydrogens is 240 g/mol. The fourth-order valence-electron chi connectivity index (χ4n) is 1.37. The number of carboxylic acids is 1. The lowest BCUT2D eigenvalue weighted by atomic mass is 10.2. The van der Waals surface area contributed by atoms with Crippen molar-refractivity contribution >= 4 is 11.9 Å². The van der Waals surface area contributed by atoms with Crippen LogP contribution in [0.25, 0.3) is 0 Å². The number of aromatic nitrogens is 3. The Kier molecular flexibility index (Phi) is 5.25. The van der Waals surface area contributed by atoms with Crippen molar-refractivity contribution < 1.29 is 19.8 Å². The van der Waals surface area contributed by atoms with E-state index in [0.29, 0.717) is 12.1 Å². The van der Waals surface area contributed by atoms with Crippen LogP contribution < -0.4 is 5.32 Å². The van der Waals surface area contributed by atoms with Crippen LogP contribution in [0.2, 0.25) is 0 Å². The van der Waals surface area contributed by atoms with Gasteiger partial charge in [0.15, 0.2) is 0 Å². The van der Waals surface area contributed by atoms with Crippen LogP contribution in [-0.2, 0) is 22.7 Å². The molecule has 8 heteroatoms. The van der Waals surface area contributed by atoms with E-state index < -0.39 is 5.97 Å². The lowest BCUT2D eigenvalue weighted by Gasteiger charge is -2.12. The molecule has 1 aromatic rings. The van der Waals surface area contributed by atoms with Crippen molar-refractivity contribution in [3.63, 3.8) is 0 Å². The number of aliphatic carboxylic acids is 1. The van der Waals surface area contributed by atoms with E-state index in [9.17, 15) is 9.59 Å². The van der Waals surface area contributed by atoms with Gasteiger partial charge in [-0.15, -0.1) is 5.10 Å². The molecule has 8 nitrogen and oxygen atoms in total. The second-order valence-corrected chi connectivity index (χ2v) is 3.97. The molecule has 1 amide bonds. The largest absolute Gasteiger partial charge is 0.481 e. The number of hydrogen-bond donors (Lipinski definition) is 3. The first-order valence-electron chi connectivity index (χ1n) is 5.52. The number of aliphatic hydroxyl groups excluding tert-OH is 1. The van der Waals surface area contributed by atoms with Gasteiger partial charge in [0.05, 0.1) is 12.8 Å². The number of nitrogens with one attached hydrogen (secondary N) is 1. The maximum absolute atomic E-state index is 11.6. The molecule has 1 heterocycles. The van der Waals surface area contributed by atoms with Gasteiger partial charge in [0.1, 0.15) is 12.2 Å². The van der Waals surface area contributed by atoms with Crippen LogP contribution in [-0.4, -0.2) is 43.1 Å². The van der Waals surface area contributed by atoms with Crippen LogP contribution in [0.3, 0.4) is 0 Å². The molecule has 0 bridgehead atoms. The predicted molar refractivity (Wildman–Crippen MR) is 60.4 cm³/mol. The topological polar surface area (TPSA) is 117 Å². The van der Waals surface area contributed by atoms with Crippen molar-refractivity contribution in [2.75, 3.05) is 0 Å². The van der Waals surface area contributed by atoms with Gasteiger partial charge in [-0.05, 0) is 13.3 Å². The van der Waals surface area contributed by atoms with Crippen LogP contribution in [0.1, 0.15) is 25.5 Å². The zero-order valence-corrected chi connectivity index (χ0v) is 10.0. The van der Waals surface area contributed by atoms with Crippen molar-refractivity contribution in [1.29, 1.82) is 0 Å². The number of carbonyl (C=O) groups excluding carboxylic acids is 1. The summed E-state index contributed by atoms with van der Waals surface area (Å²) in [6.45, 7) is 1.50. The van der Waals surface area contributed by atoms with Crippen LogP contribution >= 0.6 is 0 Å². The normalized spacial score (nSPS) is 12.1. The fraction of sp³-hybridized carbons (Fsp3) is 0.600. The van der Waals surface area contributed by atoms with Crippen LogP contribution in [0.4, 0.5) is 0 Å². The SMILES string of the molecule is C[C@H](CCC(=O)O)NC(=O)Cn1cc(CO)nn1. The first kappa shape index (κ1) is 14.1. The number of aliphatic hydroxyl groups is 1. The minimum absolute atomic E-state index is 0.00951. The fourth-order valence-corrected chi connectivity index (χ4v) is 1.37. The Bertz CT molecular complexity index is 418. The van der Waals surface area contributed by atoms with E-state index in [2.05, 4.69) is 15.6 Å². The van der Waals surface area contributed by atoms with E-state index in [0.717, 1.165) is 0 Å². The third kappa shape index (κ3) is 4.91. The minimum Gasteiger partial charge on any atom is -0.481 e. The number of nitrogens with zero attached hydrogens (tertiary/aromatic N) is 3. The Hall–Kier alpha value is -1.96. The monoisotopic (exact) mass is 256 g/mol. The van der Waals surface area contributed by atoms with Gasteiger partial charge in [0.2, 0.25) is 5.91 Å². The quantitative estimate of drug-likeness (QED) is 0.584. The first-order chi connectivity index (χ1) is 8.51. The maximum Gasteiger partial charge on any atom is 0.303 e. The van der Waals surface area contributed by atoms with Crippen LogP contribution in [0.5, 0.6) is 0 Å². The Labute approximate surface area is 104 Å². The molecule has 0 aliphatic heterocycles. The van der Waals surface area contributed by atoms with Crippen molar-refractivity contribution in [1.82, 2.24) is 20.3 Å². The third-order valence-corrected chi connectivity index (χ3v) is 2.25. The second kappa shape index (κ2) is 6.70. The molecule has 1 aromatic heterocycles. The van der Waals surface area contributed by atoms with E-state index in [1.54, 1.807) is 6.92 Å². The summed E-state index contributed by atoms with van der Waals surface area (Å²) in [6.07, 6.45) is 1.86. The van der Waals surface area contributed by atoms with Crippen molar-refractivity contribution in [3.8, 4) is 0 Å². The highest BCUT2D eigenvalue weighted by Crippen LogP contribution is 1.97. The van der Waals surface area contributed by atoms with Gasteiger partial charge in [0.25, 0.3) is 0 Å². The molecule has 0 aliphatic carbocycles. The average molecular weight is 256 g/mol. The highest BCUT2D eigenvalue weighted by molar-refractivity contribution is 5.76. The maximum atomic E-state index is 11.6. The summed E-state index contributed by atoms with van der Waals surface area (Å²) in [5.74, 6) is -1.16. The van der Waals surface area contributed by atoms with Gasteiger partial charge in [-0.2, -0.15) is 0 Å². The van der Waals surface area contributed by atoms with Gasteiger partial charge >= 0.3 is 5.97 Å². The molecule has 0 saturated carbocycles. The summed E-state index contributed by atoms with van der Waals surface area (Å²) in [6, 6.07) is -0.213. The molecule has 1 atom stereocenters. The standard InChI is InChI=1S/C10H16N4O4/c1-7(2-3-10(17)18)11-9(16)5-14-4-8(6-15)12-13-14/h4,7,15H,2-3,5-6H2,1H3,(H,11,16)(H,17,18)/t7-/m1/s1. The molecule has 0 spiro atoms. The smallest absolute Gasteiger partial charge is 0.303 e. The van der Waals surface area contributed by atoms with E-state index in [-0.39, 0.29) is 31.5 Å². The van der Waals surface area contributed by atoms with E-state index in [1.165, 1.54) is 10.9 Å². The van der Waals surface area contributed by atoms with Gasteiger partial charge < -0.3 is 15.5 Å². The summed E-state index contributed by atoms with van der Waals surface area (Å²) in [7, 11) is 0. The number of carbonyl (C=O) groups is 2. The summed E-state index contributed by atoms with van der Waals surface area (Å²) in [5.41, 5.74) is 0.390. The highest BCUT2D eigenvalue weighted by atomic mass is 16.4. The van der Waals surface area contributed by atoms with Gasteiger partial charge in [-0.1, -0.05) is 5.21 Å². The van der Waals surface area contributed by atoms with E-state index in [4.69, 9.17) is 10.2 Å². The number of amides is 1. The molecule has 0 saturated heterocycles. The Balaban J connectivity index is 2.34. The molecule has 1 rings (SSSR count). The van der Waals surface area contributed by atoms with Crippen LogP contribution in [0.15, 0.2) is 6.20 Å². The molecule has 18 heavy (non-hydrogen) atoms. The average Bonchev–Trinajstić information content (AvgIpc) is 2.73. The third-order valence-electron chi connectivity index (χ3n) is 2.25. The lowest BCUT2D eigenvalue weighted by Crippen LogP contribution is -2.35. The summed E-state index contributed by atoms with van der Waals surface area (Å²) in [4.78, 5) is 21.9. The molecule has 0 aliphatic rings. The van der Waals surface area contributed by atoms with Crippen molar-refractivity contribution in [2.45, 2.75) is 39.0 Å². The number of rotatable bonds is 7. The number of hydrogen-bond acceptors (Lipinski definition) is 5. The molecule has 3 N–H and O–H groups in total. The second-order valence-electron chi connectivity index (χ2n) is 3.97. The lowest BCUT2D eigenvalue weighted by molar-refractivity contribution is -0.137. The minimum atomic E-state index is -0.889. The Morgan fingerprint density at radius 2 is 2.28 bits per heavy atom. The Morgan fingerprint density at radius 3 is 2.83 bits per heavy atom. The summed E-state index contributed by atoms with van der Waals surface area (Å²) < 4.78 is 1.31. The first-order valence-corrected chi connectivity index (χ1v) is 5.52. The molecule has 0 aromatic carbocycles. The molecule has 0 radical (unpaired) electrons. The molecule has 0 unspecified atom stereocenters. The highest BCUT2D eigenvalue weighted by Gasteiger charge is 2.10. The zero-order chi connectivity index (χ0) is 13.5. The molecular formula is C10H16N4O4. The van der Waals surface area contributed by atoms with Crippen LogP contribution in [0, 0.1) is 0 Å². The summed E-state index contributed by atoms with van der Waals surface area (Å²) >= 11 is 0. The van der Waals surface area contributed by atoms with E-state index >= 15 is 0 Å². The molecule has 100 valence electrons. The van der Waals surface area contributed by atoms with Gasteiger partial charge in [-0.25, -0.2) is 4.68 Å². The summed E-state index contributed by atoms with van der Waals surface area (Å²) in [5, 5.41) is 27.2. The number of carboxylic acid groups (broad SMARTS) is 1. The Morgan fingerprint density at radius 1 is 1.56 bits per heavy atom. The van der Waals surface area contributed by atoms with E-state index in [1.807, 2.05) is 0 Å². The molecule has 0 fully saturated rings. The zero-order valence-electron chi connectivity index (χ0n) is 10.0. The van der Waals surface area contributed by atoms with Gasteiger partial charge in [-0.3, -0.25) is 9.59 Å². The van der Waals surface area contributed by atoms with Crippen molar-refractivity contribution in [2.24, 2.45) is 0 Å². The predicted octanol–water partition coefficient (Wildman–Crippen LogP) is -0.860.